The third-order valence-electron chi connectivity index (χ3n) is 3.46. The fourth-order valence-electron chi connectivity index (χ4n) is 2.36. The molecule has 0 aliphatic carbocycles. The minimum absolute atomic E-state index is 0.0739. The average molecular weight is 290 g/mol. The molecule has 2 heterocycles. The fraction of sp³-hybridized carbons (Fsp3) is 0.667. The van der Waals surface area contributed by atoms with Crippen LogP contribution in [0, 0.1) is 0 Å². The van der Waals surface area contributed by atoms with Crippen LogP contribution >= 0.6 is 0 Å². The first-order valence-corrected chi connectivity index (χ1v) is 6.35. The van der Waals surface area contributed by atoms with Crippen LogP contribution in [0.2, 0.25) is 0 Å². The molecule has 2 atom stereocenters. The molecule has 1 aromatic rings. The second-order valence-electron chi connectivity index (χ2n) is 4.70. The second kappa shape index (κ2) is 5.92. The molecule has 0 bridgehead atoms. The number of piperidine rings is 1. The van der Waals surface area contributed by atoms with Crippen LogP contribution in [0.1, 0.15) is 18.5 Å². The van der Waals surface area contributed by atoms with Crippen LogP contribution in [0.5, 0.6) is 0 Å². The molecule has 8 heteroatoms. The van der Waals surface area contributed by atoms with E-state index in [1.165, 1.54) is 0 Å². The molecule has 1 fully saturated rings. The summed E-state index contributed by atoms with van der Waals surface area (Å²) in [4.78, 5) is 9.28. The monoisotopic (exact) mass is 290 g/mol. The largest absolute Gasteiger partial charge is 0.433 e. The zero-order valence-corrected chi connectivity index (χ0v) is 11.1. The van der Waals surface area contributed by atoms with E-state index in [2.05, 4.69) is 9.97 Å². The highest BCUT2D eigenvalue weighted by atomic mass is 19.4. The topological polar surface area (TPSA) is 64.3 Å². The van der Waals surface area contributed by atoms with Crippen LogP contribution in [0.3, 0.4) is 0 Å². The maximum Gasteiger partial charge on any atom is 0.433 e. The number of alkyl halides is 3. The first-order valence-electron chi connectivity index (χ1n) is 6.35. The van der Waals surface area contributed by atoms with Gasteiger partial charge in [0.25, 0.3) is 0 Å². The van der Waals surface area contributed by atoms with Gasteiger partial charge in [-0.2, -0.15) is 13.2 Å². The SMILES string of the molecule is COC1CCN(c2nccc(C(F)(F)F)n2)C(CN)C1. The van der Waals surface area contributed by atoms with Crippen molar-refractivity contribution in [3.05, 3.63) is 18.0 Å². The summed E-state index contributed by atoms with van der Waals surface area (Å²) in [6.07, 6.45) is -1.90. The van der Waals surface area contributed by atoms with Crippen LogP contribution in [-0.2, 0) is 10.9 Å². The minimum atomic E-state index is -4.47. The number of ether oxygens (including phenoxy) is 1. The van der Waals surface area contributed by atoms with Gasteiger partial charge in [0.2, 0.25) is 5.95 Å². The first-order chi connectivity index (χ1) is 9.45. The zero-order valence-electron chi connectivity index (χ0n) is 11.1. The molecule has 20 heavy (non-hydrogen) atoms. The highest BCUT2D eigenvalue weighted by Crippen LogP contribution is 2.29. The van der Waals surface area contributed by atoms with Crippen LogP contribution in [-0.4, -0.2) is 42.3 Å². The Balaban J connectivity index is 2.22. The molecule has 0 amide bonds. The Morgan fingerprint density at radius 1 is 1.50 bits per heavy atom. The smallest absolute Gasteiger partial charge is 0.381 e. The number of anilines is 1. The Bertz CT molecular complexity index is 455. The molecule has 2 N–H and O–H groups in total. The fourth-order valence-corrected chi connectivity index (χ4v) is 2.36. The Labute approximate surface area is 114 Å². The number of hydrogen-bond donors (Lipinski definition) is 1. The van der Waals surface area contributed by atoms with E-state index in [9.17, 15) is 13.2 Å². The van der Waals surface area contributed by atoms with E-state index in [4.69, 9.17) is 10.5 Å². The van der Waals surface area contributed by atoms with Gasteiger partial charge in [0.05, 0.1) is 6.10 Å². The maximum absolute atomic E-state index is 12.7. The number of methoxy groups -OCH3 is 1. The van der Waals surface area contributed by atoms with Crippen molar-refractivity contribution in [3.8, 4) is 0 Å². The summed E-state index contributed by atoms with van der Waals surface area (Å²) in [7, 11) is 1.62. The Kier molecular flexibility index (Phi) is 4.44. The lowest BCUT2D eigenvalue weighted by Gasteiger charge is -2.38. The first kappa shape index (κ1) is 15.0. The van der Waals surface area contributed by atoms with Gasteiger partial charge in [-0.25, -0.2) is 9.97 Å². The average Bonchev–Trinajstić information content (AvgIpc) is 2.45. The number of nitrogens with zero attached hydrogens (tertiary/aromatic N) is 3. The quantitative estimate of drug-likeness (QED) is 0.912. The van der Waals surface area contributed by atoms with E-state index in [0.29, 0.717) is 25.9 Å². The van der Waals surface area contributed by atoms with Gasteiger partial charge in [-0.1, -0.05) is 0 Å². The number of halogens is 3. The Morgan fingerprint density at radius 2 is 2.25 bits per heavy atom. The standard InChI is InChI=1S/C12H17F3N4O/c1-20-9-3-5-19(8(6-9)7-16)11-17-4-2-10(18-11)12(13,14)15/h2,4,8-9H,3,5-7,16H2,1H3. The molecule has 0 saturated carbocycles. The van der Waals surface area contributed by atoms with Gasteiger partial charge in [-0.05, 0) is 18.9 Å². The van der Waals surface area contributed by atoms with Crippen LogP contribution in [0.15, 0.2) is 12.3 Å². The zero-order chi connectivity index (χ0) is 14.8. The van der Waals surface area contributed by atoms with Crippen molar-refractivity contribution < 1.29 is 17.9 Å². The molecule has 2 rings (SSSR count). The third-order valence-corrected chi connectivity index (χ3v) is 3.46. The molecule has 1 aliphatic heterocycles. The second-order valence-corrected chi connectivity index (χ2v) is 4.70. The minimum Gasteiger partial charge on any atom is -0.381 e. The van der Waals surface area contributed by atoms with Crippen LogP contribution < -0.4 is 10.6 Å². The number of aromatic nitrogens is 2. The molecular weight excluding hydrogens is 273 g/mol. The van der Waals surface area contributed by atoms with Gasteiger partial charge >= 0.3 is 6.18 Å². The van der Waals surface area contributed by atoms with Gasteiger partial charge in [0.1, 0.15) is 5.69 Å². The molecule has 1 aliphatic rings. The van der Waals surface area contributed by atoms with Crippen LogP contribution in [0.4, 0.5) is 19.1 Å². The van der Waals surface area contributed by atoms with E-state index in [1.807, 2.05) is 0 Å². The van der Waals surface area contributed by atoms with Crippen LogP contribution in [0.25, 0.3) is 0 Å². The van der Waals surface area contributed by atoms with Crippen molar-refractivity contribution in [1.29, 1.82) is 0 Å². The van der Waals surface area contributed by atoms with Crippen molar-refractivity contribution in [3.63, 3.8) is 0 Å². The van der Waals surface area contributed by atoms with Gasteiger partial charge in [-0.3, -0.25) is 0 Å². The summed E-state index contributed by atoms with van der Waals surface area (Å²) in [5.74, 6) is 0.0739. The molecule has 1 saturated heterocycles. The summed E-state index contributed by atoms with van der Waals surface area (Å²) in [6.45, 7) is 0.848. The number of hydrogen-bond acceptors (Lipinski definition) is 5. The van der Waals surface area contributed by atoms with E-state index in [1.54, 1.807) is 12.0 Å². The molecule has 1 aromatic heterocycles. The summed E-state index contributed by atoms with van der Waals surface area (Å²) in [5.41, 5.74) is 4.76. The normalized spacial score (nSPS) is 23.9. The maximum atomic E-state index is 12.7. The Morgan fingerprint density at radius 3 is 2.85 bits per heavy atom. The van der Waals surface area contributed by atoms with Crippen molar-refractivity contribution in [2.45, 2.75) is 31.2 Å². The predicted molar refractivity (Wildman–Crippen MR) is 67.3 cm³/mol. The van der Waals surface area contributed by atoms with Crippen molar-refractivity contribution in [2.24, 2.45) is 5.73 Å². The van der Waals surface area contributed by atoms with Gasteiger partial charge in [-0.15, -0.1) is 0 Å². The van der Waals surface area contributed by atoms with E-state index >= 15 is 0 Å². The molecule has 2 unspecified atom stereocenters. The summed E-state index contributed by atoms with van der Waals surface area (Å²) < 4.78 is 43.3. The lowest BCUT2D eigenvalue weighted by molar-refractivity contribution is -0.141. The summed E-state index contributed by atoms with van der Waals surface area (Å²) in [5, 5.41) is 0. The van der Waals surface area contributed by atoms with Crippen molar-refractivity contribution in [2.75, 3.05) is 25.1 Å². The summed E-state index contributed by atoms with van der Waals surface area (Å²) >= 11 is 0. The van der Waals surface area contributed by atoms with Crippen molar-refractivity contribution in [1.82, 2.24) is 9.97 Å². The molecule has 0 spiro atoms. The molecule has 5 nitrogen and oxygen atoms in total. The molecule has 0 aromatic carbocycles. The highest BCUT2D eigenvalue weighted by molar-refractivity contribution is 5.34. The van der Waals surface area contributed by atoms with Gasteiger partial charge in [0.15, 0.2) is 0 Å². The van der Waals surface area contributed by atoms with Gasteiger partial charge < -0.3 is 15.4 Å². The third kappa shape index (κ3) is 3.18. The lowest BCUT2D eigenvalue weighted by atomic mass is 10.00. The summed E-state index contributed by atoms with van der Waals surface area (Å²) in [6, 6.07) is 0.750. The highest BCUT2D eigenvalue weighted by Gasteiger charge is 2.35. The molecule has 0 radical (unpaired) electrons. The van der Waals surface area contributed by atoms with Crippen molar-refractivity contribution >= 4 is 5.95 Å². The molecule has 112 valence electrons. The number of nitrogens with two attached hydrogens (primary N) is 1. The van der Waals surface area contributed by atoms with E-state index in [0.717, 1.165) is 12.3 Å². The van der Waals surface area contributed by atoms with Gasteiger partial charge in [0, 0.05) is 32.4 Å². The van der Waals surface area contributed by atoms with E-state index < -0.39 is 11.9 Å². The molecular formula is C12H17F3N4O. The number of rotatable bonds is 3. The van der Waals surface area contributed by atoms with E-state index in [-0.39, 0.29) is 18.1 Å². The predicted octanol–water partition coefficient (Wildman–Crippen LogP) is 1.44. The Hall–Kier alpha value is -1.41. The lowest BCUT2D eigenvalue weighted by Crippen LogP contribution is -2.49.